The fraction of sp³-hybridized carbons (Fsp3) is 0.889. The second kappa shape index (κ2) is 19.5. The maximum absolute atomic E-state index is 12.9. The highest BCUT2D eigenvalue weighted by atomic mass is 16.6. The van der Waals surface area contributed by atoms with Gasteiger partial charge in [-0.1, -0.05) is 136 Å². The molecular weight excluding hydrogens is 588 g/mol. The highest BCUT2D eigenvalue weighted by Crippen LogP contribution is 2.67. The Balaban J connectivity index is 1.14. The topological polar surface area (TPSA) is 46.5 Å². The summed E-state index contributed by atoms with van der Waals surface area (Å²) in [5, 5.41) is 10.6. The maximum Gasteiger partial charge on any atom is 0.335 e. The molecule has 48 heavy (non-hydrogen) atoms. The van der Waals surface area contributed by atoms with E-state index < -0.39 is 6.10 Å². The third kappa shape index (κ3) is 10.5. The van der Waals surface area contributed by atoms with Crippen molar-refractivity contribution in [2.75, 3.05) is 0 Å². The zero-order chi connectivity index (χ0) is 34.6. The SMILES string of the molecule is CCCCCCCC/C=C\CCCCCCC(O)C(=O)O[C@H]1CC[C@@]2(C)C(=CC[C@H]3[C@@H]4CC[C@H](C(C)CCCC(C)C)[C@@]4(C)CC[C@@H]32)C1. The van der Waals surface area contributed by atoms with Crippen LogP contribution in [0.25, 0.3) is 0 Å². The van der Waals surface area contributed by atoms with Gasteiger partial charge in [-0.05, 0) is 123 Å². The molecule has 1 N–H and O–H groups in total. The van der Waals surface area contributed by atoms with E-state index in [2.05, 4.69) is 59.8 Å². The molecule has 0 aliphatic heterocycles. The summed E-state index contributed by atoms with van der Waals surface area (Å²) in [6.07, 6.45) is 35.7. The number of fused-ring (bicyclic) bond motifs is 5. The number of unbranched alkanes of at least 4 members (excludes halogenated alkanes) is 10. The lowest BCUT2D eigenvalue weighted by Gasteiger charge is -2.58. The standard InChI is InChI=1S/C45H78O3/c1-7-8-9-10-11-12-13-14-15-16-17-18-19-20-24-42(46)43(47)48-37-29-31-44(5)36(33-37)25-26-38-40-28-27-39(35(4)23-21-22-34(2)3)45(40,6)32-30-41(38)44/h14-15,25,34-35,37-42,46H,7-13,16-24,26-33H2,1-6H3/b15-14-/t35?,37-,38-,39+,40-,41-,42?,44-,45+/m0/s1. The smallest absolute Gasteiger partial charge is 0.335 e. The normalized spacial score (nSPS) is 32.8. The van der Waals surface area contributed by atoms with E-state index >= 15 is 0 Å². The second-order valence-corrected chi connectivity index (χ2v) is 18.1. The summed E-state index contributed by atoms with van der Waals surface area (Å²) < 4.78 is 5.99. The van der Waals surface area contributed by atoms with E-state index in [0.717, 1.165) is 74.0 Å². The quantitative estimate of drug-likeness (QED) is 0.0753. The molecule has 2 unspecified atom stereocenters. The molecule has 4 aliphatic rings. The number of rotatable bonds is 21. The summed E-state index contributed by atoms with van der Waals surface area (Å²) >= 11 is 0. The second-order valence-electron chi connectivity index (χ2n) is 18.1. The number of aliphatic hydroxyl groups is 1. The fourth-order valence-corrected chi connectivity index (χ4v) is 11.3. The van der Waals surface area contributed by atoms with Gasteiger partial charge in [0.1, 0.15) is 6.10 Å². The molecule has 3 fully saturated rings. The summed E-state index contributed by atoms with van der Waals surface area (Å²) in [7, 11) is 0. The molecular formula is C45H78O3. The van der Waals surface area contributed by atoms with Gasteiger partial charge in [-0.15, -0.1) is 0 Å². The van der Waals surface area contributed by atoms with Crippen LogP contribution in [0.3, 0.4) is 0 Å². The molecule has 0 aromatic rings. The van der Waals surface area contributed by atoms with Gasteiger partial charge in [0.2, 0.25) is 0 Å². The van der Waals surface area contributed by atoms with Crippen molar-refractivity contribution in [1.29, 1.82) is 0 Å². The lowest BCUT2D eigenvalue weighted by atomic mass is 9.47. The molecule has 4 rings (SSSR count). The third-order valence-corrected chi connectivity index (χ3v) is 14.3. The van der Waals surface area contributed by atoms with Crippen molar-refractivity contribution < 1.29 is 14.6 Å². The molecule has 0 saturated heterocycles. The molecule has 276 valence electrons. The Morgan fingerprint density at radius 3 is 2.23 bits per heavy atom. The molecule has 0 spiro atoms. The van der Waals surface area contributed by atoms with Crippen LogP contribution in [0.15, 0.2) is 23.8 Å². The number of esters is 1. The van der Waals surface area contributed by atoms with Gasteiger partial charge in [0, 0.05) is 6.42 Å². The van der Waals surface area contributed by atoms with Crippen molar-refractivity contribution in [2.45, 2.75) is 208 Å². The van der Waals surface area contributed by atoms with E-state index in [4.69, 9.17) is 4.74 Å². The van der Waals surface area contributed by atoms with Gasteiger partial charge < -0.3 is 9.84 Å². The van der Waals surface area contributed by atoms with Gasteiger partial charge in [0.05, 0.1) is 0 Å². The van der Waals surface area contributed by atoms with E-state index in [0.29, 0.717) is 11.8 Å². The van der Waals surface area contributed by atoms with Gasteiger partial charge in [-0.25, -0.2) is 4.79 Å². The molecule has 0 heterocycles. The predicted octanol–water partition coefficient (Wildman–Crippen LogP) is 12.9. The van der Waals surface area contributed by atoms with Crippen molar-refractivity contribution in [2.24, 2.45) is 46.3 Å². The third-order valence-electron chi connectivity index (χ3n) is 14.3. The van der Waals surface area contributed by atoms with Crippen LogP contribution in [0.5, 0.6) is 0 Å². The van der Waals surface area contributed by atoms with Crippen LogP contribution in [0, 0.1) is 46.3 Å². The first-order valence-electron chi connectivity index (χ1n) is 21.3. The first-order chi connectivity index (χ1) is 23.1. The van der Waals surface area contributed by atoms with Gasteiger partial charge >= 0.3 is 5.97 Å². The van der Waals surface area contributed by atoms with Crippen LogP contribution in [0.1, 0.15) is 196 Å². The molecule has 0 aromatic carbocycles. The van der Waals surface area contributed by atoms with Crippen molar-refractivity contribution in [3.8, 4) is 0 Å². The van der Waals surface area contributed by atoms with Gasteiger partial charge in [-0.3, -0.25) is 0 Å². The molecule has 4 aliphatic carbocycles. The number of aliphatic hydroxyl groups excluding tert-OH is 1. The van der Waals surface area contributed by atoms with E-state index in [1.165, 1.54) is 109 Å². The molecule has 3 heteroatoms. The first kappa shape index (κ1) is 39.7. The number of carbonyl (C=O) groups excluding carboxylic acids is 1. The molecule has 3 nitrogen and oxygen atoms in total. The van der Waals surface area contributed by atoms with Crippen LogP contribution in [-0.2, 0) is 9.53 Å². The molecule has 0 aromatic heterocycles. The van der Waals surface area contributed by atoms with Crippen LogP contribution in [0.2, 0.25) is 0 Å². The van der Waals surface area contributed by atoms with Crippen molar-refractivity contribution in [3.63, 3.8) is 0 Å². The Morgan fingerprint density at radius 1 is 0.833 bits per heavy atom. The Kier molecular flexibility index (Phi) is 16.1. The summed E-state index contributed by atoms with van der Waals surface area (Å²) in [5.41, 5.74) is 2.34. The Bertz CT molecular complexity index is 1010. The molecule has 0 amide bonds. The summed E-state index contributed by atoms with van der Waals surface area (Å²) in [6, 6.07) is 0. The van der Waals surface area contributed by atoms with E-state index in [9.17, 15) is 9.90 Å². The van der Waals surface area contributed by atoms with Crippen molar-refractivity contribution in [3.05, 3.63) is 23.8 Å². The van der Waals surface area contributed by atoms with Gasteiger partial charge in [0.15, 0.2) is 6.10 Å². The lowest BCUT2D eigenvalue weighted by Crippen LogP contribution is -2.51. The minimum Gasteiger partial charge on any atom is -0.460 e. The Morgan fingerprint density at radius 2 is 1.52 bits per heavy atom. The number of hydrogen-bond donors (Lipinski definition) is 1. The Labute approximate surface area is 297 Å². The Hall–Kier alpha value is -1.09. The van der Waals surface area contributed by atoms with Gasteiger partial charge in [-0.2, -0.15) is 0 Å². The zero-order valence-corrected chi connectivity index (χ0v) is 32.6. The number of carbonyl (C=O) groups is 1. The minimum absolute atomic E-state index is 0.0671. The predicted molar refractivity (Wildman–Crippen MR) is 204 cm³/mol. The monoisotopic (exact) mass is 667 g/mol. The molecule has 0 bridgehead atoms. The van der Waals surface area contributed by atoms with E-state index in [1.807, 2.05) is 0 Å². The average Bonchev–Trinajstić information content (AvgIpc) is 3.42. The summed E-state index contributed by atoms with van der Waals surface area (Å²) in [6.45, 7) is 14.8. The number of hydrogen-bond acceptors (Lipinski definition) is 3. The number of ether oxygens (including phenoxy) is 1. The van der Waals surface area contributed by atoms with E-state index in [-0.39, 0.29) is 17.5 Å². The lowest BCUT2D eigenvalue weighted by molar-refractivity contribution is -0.161. The fourth-order valence-electron chi connectivity index (χ4n) is 11.3. The van der Waals surface area contributed by atoms with Crippen LogP contribution in [-0.4, -0.2) is 23.3 Å². The van der Waals surface area contributed by atoms with Crippen molar-refractivity contribution >= 4 is 5.97 Å². The zero-order valence-electron chi connectivity index (χ0n) is 32.6. The highest BCUT2D eigenvalue weighted by Gasteiger charge is 2.59. The van der Waals surface area contributed by atoms with Crippen LogP contribution >= 0.6 is 0 Å². The minimum atomic E-state index is -0.973. The molecule has 9 atom stereocenters. The van der Waals surface area contributed by atoms with E-state index in [1.54, 1.807) is 5.57 Å². The molecule has 3 saturated carbocycles. The first-order valence-corrected chi connectivity index (χ1v) is 21.3. The molecule has 0 radical (unpaired) electrons. The number of allylic oxidation sites excluding steroid dienone is 3. The average molecular weight is 667 g/mol. The van der Waals surface area contributed by atoms with Crippen molar-refractivity contribution in [1.82, 2.24) is 0 Å². The summed E-state index contributed by atoms with van der Waals surface area (Å²) in [5.74, 6) is 4.68. The summed E-state index contributed by atoms with van der Waals surface area (Å²) in [4.78, 5) is 12.9. The van der Waals surface area contributed by atoms with Gasteiger partial charge in [0.25, 0.3) is 0 Å². The highest BCUT2D eigenvalue weighted by molar-refractivity contribution is 5.74. The van der Waals surface area contributed by atoms with Crippen LogP contribution in [0.4, 0.5) is 0 Å². The largest absolute Gasteiger partial charge is 0.460 e. The van der Waals surface area contributed by atoms with Crippen LogP contribution < -0.4 is 0 Å². The maximum atomic E-state index is 12.9.